The molecular weight excluding hydrogens is 388 g/mol. The molecule has 0 aliphatic heterocycles. The summed E-state index contributed by atoms with van der Waals surface area (Å²) in [6, 6.07) is 7.20. The van der Waals surface area contributed by atoms with E-state index in [2.05, 4.69) is 25.7 Å². The number of halogens is 1. The third kappa shape index (κ3) is 5.01. The van der Waals surface area contributed by atoms with Crippen molar-refractivity contribution >= 4 is 29.7 Å². The lowest BCUT2D eigenvalue weighted by atomic mass is 10.2. The molecule has 0 aliphatic rings. The van der Waals surface area contributed by atoms with Gasteiger partial charge < -0.3 is 14.4 Å². The molecule has 0 spiro atoms. The Labute approximate surface area is 165 Å². The Bertz CT molecular complexity index is 962. The zero-order chi connectivity index (χ0) is 19.2. The molecule has 0 aliphatic carbocycles. The molecule has 142 valence electrons. The monoisotopic (exact) mass is 406 g/mol. The topological polar surface area (TPSA) is 102 Å². The number of hydrogen-bond acceptors (Lipinski definition) is 6. The minimum Gasteiger partial charge on any atom is -0.349 e. The third-order valence-electron chi connectivity index (χ3n) is 3.96. The Morgan fingerprint density at radius 2 is 2.15 bits per heavy atom. The average molecular weight is 407 g/mol. The Hall–Kier alpha value is -2.52. The number of aryl methyl sites for hydroxylation is 1. The fraction of sp³-hybridized carbons (Fsp3) is 0.353. The van der Waals surface area contributed by atoms with Gasteiger partial charge in [0.1, 0.15) is 0 Å². The summed E-state index contributed by atoms with van der Waals surface area (Å²) >= 11 is 11.0. The van der Waals surface area contributed by atoms with Gasteiger partial charge in [0.15, 0.2) is 10.6 Å². The van der Waals surface area contributed by atoms with Gasteiger partial charge in [-0.1, -0.05) is 16.8 Å². The van der Waals surface area contributed by atoms with Crippen molar-refractivity contribution in [2.75, 3.05) is 0 Å². The zero-order valence-corrected chi connectivity index (χ0v) is 16.3. The highest BCUT2D eigenvalue weighted by atomic mass is 35.5. The number of rotatable bonds is 8. The molecule has 0 bridgehead atoms. The molecule has 0 unspecified atom stereocenters. The number of amides is 1. The number of benzene rings is 1. The van der Waals surface area contributed by atoms with Gasteiger partial charge in [0.25, 0.3) is 0 Å². The van der Waals surface area contributed by atoms with Gasteiger partial charge in [-0.15, -0.1) is 0 Å². The summed E-state index contributed by atoms with van der Waals surface area (Å²) in [5.74, 6) is 1.65. The van der Waals surface area contributed by atoms with Crippen molar-refractivity contribution in [3.05, 3.63) is 45.8 Å². The summed E-state index contributed by atoms with van der Waals surface area (Å²) in [5, 5.41) is 14.3. The maximum atomic E-state index is 12.0. The first-order chi connectivity index (χ1) is 13.1. The maximum absolute atomic E-state index is 12.0. The third-order valence-corrected chi connectivity index (χ3v) is 4.53. The number of aromatic amines is 1. The van der Waals surface area contributed by atoms with Gasteiger partial charge in [0.2, 0.25) is 17.6 Å². The molecule has 2 N–H and O–H groups in total. The minimum absolute atomic E-state index is 0.0657. The van der Waals surface area contributed by atoms with Crippen LogP contribution in [0.5, 0.6) is 0 Å². The lowest BCUT2D eigenvalue weighted by molar-refractivity contribution is -0.121. The van der Waals surface area contributed by atoms with Crippen molar-refractivity contribution in [2.45, 2.75) is 39.3 Å². The molecule has 3 rings (SSSR count). The van der Waals surface area contributed by atoms with E-state index in [1.807, 2.05) is 23.6 Å². The number of nitrogens with one attached hydrogen (secondary N) is 2. The van der Waals surface area contributed by atoms with Crippen LogP contribution in [0.15, 0.2) is 28.8 Å². The summed E-state index contributed by atoms with van der Waals surface area (Å²) in [7, 11) is 0. The quantitative estimate of drug-likeness (QED) is 0.556. The van der Waals surface area contributed by atoms with Crippen LogP contribution in [0.2, 0.25) is 5.02 Å². The lowest BCUT2D eigenvalue weighted by Crippen LogP contribution is -2.24. The van der Waals surface area contributed by atoms with Crippen LogP contribution in [0.25, 0.3) is 11.4 Å². The van der Waals surface area contributed by atoms with Gasteiger partial charge >= 0.3 is 0 Å². The molecule has 27 heavy (non-hydrogen) atoms. The molecule has 8 nitrogen and oxygen atoms in total. The zero-order valence-electron chi connectivity index (χ0n) is 14.7. The first-order valence-corrected chi connectivity index (χ1v) is 9.34. The van der Waals surface area contributed by atoms with Crippen molar-refractivity contribution in [2.24, 2.45) is 0 Å². The SMILES string of the molecule is CCn1c(CNC(=O)CCCc2nc(-c3ccc(Cl)cc3)no2)n[nH]c1=S. The van der Waals surface area contributed by atoms with Crippen LogP contribution in [-0.2, 0) is 24.3 Å². The van der Waals surface area contributed by atoms with Crippen molar-refractivity contribution in [1.82, 2.24) is 30.2 Å². The predicted molar refractivity (Wildman–Crippen MR) is 103 cm³/mol. The second-order valence-corrected chi connectivity index (χ2v) is 6.66. The van der Waals surface area contributed by atoms with E-state index in [9.17, 15) is 4.79 Å². The summed E-state index contributed by atoms with van der Waals surface area (Å²) in [6.45, 7) is 3.01. The highest BCUT2D eigenvalue weighted by Crippen LogP contribution is 2.19. The van der Waals surface area contributed by atoms with Crippen LogP contribution >= 0.6 is 23.8 Å². The van der Waals surface area contributed by atoms with Gasteiger partial charge in [0, 0.05) is 30.0 Å². The van der Waals surface area contributed by atoms with Crippen LogP contribution in [0.1, 0.15) is 31.5 Å². The first kappa shape index (κ1) is 19.2. The Kier molecular flexibility index (Phi) is 6.36. The van der Waals surface area contributed by atoms with Gasteiger partial charge in [-0.2, -0.15) is 10.1 Å². The molecule has 0 saturated heterocycles. The molecule has 1 amide bonds. The van der Waals surface area contributed by atoms with E-state index in [1.165, 1.54) is 0 Å². The smallest absolute Gasteiger partial charge is 0.226 e. The first-order valence-electron chi connectivity index (χ1n) is 8.56. The van der Waals surface area contributed by atoms with E-state index in [4.69, 9.17) is 28.3 Å². The van der Waals surface area contributed by atoms with E-state index >= 15 is 0 Å². The normalized spacial score (nSPS) is 10.9. The van der Waals surface area contributed by atoms with Gasteiger partial charge in [-0.3, -0.25) is 9.89 Å². The van der Waals surface area contributed by atoms with Crippen LogP contribution in [0, 0.1) is 4.77 Å². The van der Waals surface area contributed by atoms with Crippen molar-refractivity contribution in [1.29, 1.82) is 0 Å². The van der Waals surface area contributed by atoms with Crippen LogP contribution < -0.4 is 5.32 Å². The van der Waals surface area contributed by atoms with E-state index in [0.717, 1.165) is 5.56 Å². The van der Waals surface area contributed by atoms with Crippen LogP contribution in [0.3, 0.4) is 0 Å². The summed E-state index contributed by atoms with van der Waals surface area (Å²) in [6.07, 6.45) is 1.49. The molecular formula is C17H19ClN6O2S. The van der Waals surface area contributed by atoms with E-state index in [0.29, 0.717) is 59.7 Å². The van der Waals surface area contributed by atoms with Gasteiger partial charge in [0.05, 0.1) is 6.54 Å². The molecule has 0 fully saturated rings. The van der Waals surface area contributed by atoms with Crippen molar-refractivity contribution in [3.8, 4) is 11.4 Å². The molecule has 2 aromatic heterocycles. The predicted octanol–water partition coefficient (Wildman–Crippen LogP) is 3.30. The Morgan fingerprint density at radius 3 is 2.89 bits per heavy atom. The van der Waals surface area contributed by atoms with E-state index < -0.39 is 0 Å². The molecule has 0 radical (unpaired) electrons. The van der Waals surface area contributed by atoms with E-state index in [1.54, 1.807) is 12.1 Å². The standard InChI is InChI=1S/C17H19ClN6O2S/c1-2-24-13(21-22-17(24)27)10-19-14(25)4-3-5-15-20-16(23-26-15)11-6-8-12(18)9-7-11/h6-9H,2-5,10H2,1H3,(H,19,25)(H,22,27). The number of H-pyrrole nitrogens is 1. The number of aromatic nitrogens is 5. The van der Waals surface area contributed by atoms with E-state index in [-0.39, 0.29) is 5.91 Å². The fourth-order valence-corrected chi connectivity index (χ4v) is 2.96. The second kappa shape index (κ2) is 8.92. The number of nitrogens with zero attached hydrogens (tertiary/aromatic N) is 4. The number of hydrogen-bond donors (Lipinski definition) is 2. The molecule has 1 aromatic carbocycles. The maximum Gasteiger partial charge on any atom is 0.226 e. The van der Waals surface area contributed by atoms with Crippen molar-refractivity contribution in [3.63, 3.8) is 0 Å². The average Bonchev–Trinajstić information content (AvgIpc) is 3.27. The Balaban J connectivity index is 1.45. The summed E-state index contributed by atoms with van der Waals surface area (Å²) in [4.78, 5) is 16.4. The second-order valence-electron chi connectivity index (χ2n) is 5.84. The Morgan fingerprint density at radius 1 is 1.37 bits per heavy atom. The summed E-state index contributed by atoms with van der Waals surface area (Å²) in [5.41, 5.74) is 0.830. The minimum atomic E-state index is -0.0657. The van der Waals surface area contributed by atoms with Crippen molar-refractivity contribution < 1.29 is 9.32 Å². The molecule has 10 heteroatoms. The van der Waals surface area contributed by atoms with Crippen LogP contribution in [0.4, 0.5) is 0 Å². The highest BCUT2D eigenvalue weighted by Gasteiger charge is 2.11. The van der Waals surface area contributed by atoms with Gasteiger partial charge in [-0.05, 0) is 49.8 Å². The fourth-order valence-electron chi connectivity index (χ4n) is 2.55. The molecule has 0 saturated carbocycles. The number of carbonyl (C=O) groups excluding carboxylic acids is 1. The highest BCUT2D eigenvalue weighted by molar-refractivity contribution is 7.71. The molecule has 2 heterocycles. The largest absolute Gasteiger partial charge is 0.349 e. The molecule has 3 aromatic rings. The van der Waals surface area contributed by atoms with Gasteiger partial charge in [-0.25, -0.2) is 0 Å². The van der Waals surface area contributed by atoms with Crippen LogP contribution in [-0.4, -0.2) is 30.8 Å². The number of carbonyl (C=O) groups is 1. The summed E-state index contributed by atoms with van der Waals surface area (Å²) < 4.78 is 7.63. The lowest BCUT2D eigenvalue weighted by Gasteiger charge is -2.05. The molecule has 0 atom stereocenters.